The summed E-state index contributed by atoms with van der Waals surface area (Å²) in [5, 5.41) is 4.43. The molecule has 11 heteroatoms. The maximum absolute atomic E-state index is 13.8. The minimum absolute atomic E-state index is 0.0446. The largest absolute Gasteiger partial charge is 0.490 e. The highest BCUT2D eigenvalue weighted by Gasteiger charge is 2.36. The highest BCUT2D eigenvalue weighted by atomic mass is 19.3. The molecular weight excluding hydrogens is 453 g/mol. The fourth-order valence-corrected chi connectivity index (χ4v) is 3.67. The number of nitrogens with zero attached hydrogens (tertiary/aromatic N) is 4. The first-order valence-electron chi connectivity index (χ1n) is 10.6. The summed E-state index contributed by atoms with van der Waals surface area (Å²) in [5.74, 6) is -0.990. The lowest BCUT2D eigenvalue weighted by Crippen LogP contribution is -2.53. The summed E-state index contributed by atoms with van der Waals surface area (Å²) in [7, 11) is 0. The first-order chi connectivity index (χ1) is 16.4. The number of likely N-dealkylation sites (tertiary alicyclic amines) is 1. The zero-order chi connectivity index (χ0) is 23.8. The Morgan fingerprint density at radius 2 is 1.88 bits per heavy atom. The zero-order valence-electron chi connectivity index (χ0n) is 17.7. The maximum Gasteiger partial charge on any atom is 0.387 e. The topological polar surface area (TPSA) is 86.6 Å². The molecule has 0 radical (unpaired) electrons. The van der Waals surface area contributed by atoms with E-state index in [0.29, 0.717) is 17.0 Å². The van der Waals surface area contributed by atoms with Gasteiger partial charge in [0, 0.05) is 37.0 Å². The van der Waals surface area contributed by atoms with Crippen molar-refractivity contribution in [3.8, 4) is 22.8 Å². The molecule has 0 bridgehead atoms. The van der Waals surface area contributed by atoms with E-state index in [9.17, 15) is 22.8 Å². The lowest BCUT2D eigenvalue weighted by molar-refractivity contribution is -0.0507. The van der Waals surface area contributed by atoms with Gasteiger partial charge in [0.15, 0.2) is 11.4 Å². The molecular formula is C23H19F3N4O4. The molecule has 5 rings (SSSR count). The third kappa shape index (κ3) is 4.45. The van der Waals surface area contributed by atoms with Gasteiger partial charge in [-0.2, -0.15) is 13.9 Å². The van der Waals surface area contributed by atoms with Gasteiger partial charge in [0.1, 0.15) is 11.6 Å². The van der Waals surface area contributed by atoms with Gasteiger partial charge in [-0.3, -0.25) is 9.59 Å². The zero-order valence-corrected chi connectivity index (χ0v) is 17.7. The molecule has 0 spiro atoms. The second-order valence-electron chi connectivity index (χ2n) is 8.05. The van der Waals surface area contributed by atoms with E-state index >= 15 is 0 Å². The van der Waals surface area contributed by atoms with Gasteiger partial charge in [0.25, 0.3) is 11.5 Å². The van der Waals surface area contributed by atoms with Gasteiger partial charge < -0.3 is 14.4 Å². The minimum atomic E-state index is -3.09. The van der Waals surface area contributed by atoms with Crippen LogP contribution in [-0.4, -0.2) is 51.4 Å². The molecule has 8 nitrogen and oxygen atoms in total. The summed E-state index contributed by atoms with van der Waals surface area (Å²) in [6, 6.07) is 9.23. The summed E-state index contributed by atoms with van der Waals surface area (Å²) < 4.78 is 50.5. The molecule has 2 aromatic heterocycles. The fraction of sp³-hybridized carbons (Fsp3) is 0.304. The number of aromatic nitrogens is 3. The first kappa shape index (κ1) is 21.9. The van der Waals surface area contributed by atoms with Gasteiger partial charge in [-0.05, 0) is 43.2 Å². The number of rotatable bonds is 7. The summed E-state index contributed by atoms with van der Waals surface area (Å²) >= 11 is 0. The molecule has 1 amide bonds. The number of hydrogen-bond acceptors (Lipinski definition) is 6. The molecule has 0 unspecified atom stereocenters. The van der Waals surface area contributed by atoms with E-state index in [0.717, 1.165) is 12.8 Å². The summed E-state index contributed by atoms with van der Waals surface area (Å²) in [4.78, 5) is 30.5. The fourth-order valence-electron chi connectivity index (χ4n) is 3.67. The minimum Gasteiger partial charge on any atom is -0.490 e. The Bertz CT molecular complexity index is 1290. The van der Waals surface area contributed by atoms with Crippen molar-refractivity contribution in [3.05, 3.63) is 70.5 Å². The Labute approximate surface area is 191 Å². The van der Waals surface area contributed by atoms with Crippen LogP contribution in [0, 0.1) is 5.82 Å². The Balaban J connectivity index is 1.35. The van der Waals surface area contributed by atoms with Crippen LogP contribution in [0.15, 0.2) is 53.5 Å². The molecule has 176 valence electrons. The molecule has 0 atom stereocenters. The van der Waals surface area contributed by atoms with E-state index < -0.39 is 24.4 Å². The van der Waals surface area contributed by atoms with Crippen molar-refractivity contribution in [2.75, 3.05) is 13.1 Å². The predicted molar refractivity (Wildman–Crippen MR) is 113 cm³/mol. The van der Waals surface area contributed by atoms with Crippen LogP contribution in [0.2, 0.25) is 0 Å². The smallest absolute Gasteiger partial charge is 0.387 e. The van der Waals surface area contributed by atoms with Crippen molar-refractivity contribution in [1.82, 2.24) is 19.7 Å². The average molecular weight is 472 g/mol. The van der Waals surface area contributed by atoms with Gasteiger partial charge in [-0.15, -0.1) is 0 Å². The molecule has 1 aromatic carbocycles. The lowest BCUT2D eigenvalue weighted by atomic mass is 10.1. The van der Waals surface area contributed by atoms with Crippen LogP contribution >= 0.6 is 0 Å². The van der Waals surface area contributed by atoms with Crippen LogP contribution in [-0.2, 0) is 0 Å². The lowest BCUT2D eigenvalue weighted by Gasteiger charge is -2.39. The molecule has 2 fully saturated rings. The number of carbonyl (C=O) groups is 1. The van der Waals surface area contributed by atoms with Crippen molar-refractivity contribution in [3.63, 3.8) is 0 Å². The van der Waals surface area contributed by atoms with Crippen LogP contribution in [0.1, 0.15) is 29.4 Å². The van der Waals surface area contributed by atoms with Gasteiger partial charge in [-0.1, -0.05) is 0 Å². The summed E-state index contributed by atoms with van der Waals surface area (Å²) in [6.07, 6.45) is 3.15. The van der Waals surface area contributed by atoms with Crippen LogP contribution in [0.4, 0.5) is 13.2 Å². The van der Waals surface area contributed by atoms with Crippen molar-refractivity contribution >= 4 is 5.91 Å². The quantitative estimate of drug-likeness (QED) is 0.525. The Morgan fingerprint density at radius 3 is 2.62 bits per heavy atom. The standard InChI is InChI=1S/C23H19F3N4O4/c24-13-3-6-16(19(10-13)33-15-4-5-15)17-7-8-20(31)30(28-17)14-11-29(12-14)22(32)21-18(34-23(25)26)2-1-9-27-21/h1-3,6-10,14-15,23H,4-5,11-12H2. The molecule has 1 saturated heterocycles. The SMILES string of the molecule is O=C(c1ncccc1OC(F)F)N1CC(n2nc(-c3ccc(F)cc3OC3CC3)ccc2=O)C1. The van der Waals surface area contributed by atoms with Crippen LogP contribution in [0.5, 0.6) is 11.5 Å². The monoisotopic (exact) mass is 472 g/mol. The molecule has 1 aliphatic heterocycles. The van der Waals surface area contributed by atoms with Gasteiger partial charge in [0.05, 0.1) is 17.8 Å². The van der Waals surface area contributed by atoms with Gasteiger partial charge in [0.2, 0.25) is 0 Å². The number of halogens is 3. The van der Waals surface area contributed by atoms with Crippen molar-refractivity contribution in [2.24, 2.45) is 0 Å². The number of carbonyl (C=O) groups excluding carboxylic acids is 1. The number of amides is 1. The van der Waals surface area contributed by atoms with E-state index in [-0.39, 0.29) is 36.2 Å². The van der Waals surface area contributed by atoms with Crippen molar-refractivity contribution in [1.29, 1.82) is 0 Å². The van der Waals surface area contributed by atoms with Crippen LogP contribution in [0.3, 0.4) is 0 Å². The van der Waals surface area contributed by atoms with Gasteiger partial charge in [-0.25, -0.2) is 14.1 Å². The highest BCUT2D eigenvalue weighted by Crippen LogP contribution is 2.35. The van der Waals surface area contributed by atoms with Gasteiger partial charge >= 0.3 is 6.61 Å². The van der Waals surface area contributed by atoms with Crippen LogP contribution in [0.25, 0.3) is 11.3 Å². The van der Waals surface area contributed by atoms with E-state index in [1.165, 1.54) is 52.2 Å². The van der Waals surface area contributed by atoms with E-state index in [2.05, 4.69) is 14.8 Å². The normalized spacial score (nSPS) is 15.8. The Hall–Kier alpha value is -3.89. The Morgan fingerprint density at radius 1 is 1.09 bits per heavy atom. The maximum atomic E-state index is 13.8. The molecule has 1 aliphatic carbocycles. The number of ether oxygens (including phenoxy) is 2. The van der Waals surface area contributed by atoms with E-state index in [4.69, 9.17) is 4.74 Å². The van der Waals surface area contributed by atoms with Crippen LogP contribution < -0.4 is 15.0 Å². The Kier molecular flexibility index (Phi) is 5.68. The third-order valence-electron chi connectivity index (χ3n) is 5.55. The molecule has 1 saturated carbocycles. The molecule has 3 heterocycles. The first-order valence-corrected chi connectivity index (χ1v) is 10.6. The number of alkyl halides is 2. The van der Waals surface area contributed by atoms with E-state index in [1.54, 1.807) is 6.07 Å². The number of pyridine rings is 1. The second kappa shape index (κ2) is 8.81. The average Bonchev–Trinajstić information content (AvgIpc) is 3.58. The second-order valence-corrected chi connectivity index (χ2v) is 8.05. The van der Waals surface area contributed by atoms with E-state index in [1.807, 2.05) is 0 Å². The highest BCUT2D eigenvalue weighted by molar-refractivity contribution is 5.95. The predicted octanol–water partition coefficient (Wildman–Crippen LogP) is 3.28. The summed E-state index contributed by atoms with van der Waals surface area (Å²) in [6.45, 7) is -2.82. The molecule has 3 aromatic rings. The molecule has 2 aliphatic rings. The third-order valence-corrected chi connectivity index (χ3v) is 5.55. The number of hydrogen-bond donors (Lipinski definition) is 0. The molecule has 34 heavy (non-hydrogen) atoms. The summed E-state index contributed by atoms with van der Waals surface area (Å²) in [5.41, 5.74) is 0.379. The van der Waals surface area contributed by atoms with Crippen molar-refractivity contribution in [2.45, 2.75) is 31.6 Å². The van der Waals surface area contributed by atoms with Crippen molar-refractivity contribution < 1.29 is 27.4 Å². The number of benzene rings is 1. The molecule has 0 N–H and O–H groups in total.